The number of oxazole rings is 1. The Balaban J connectivity index is 2.69. The minimum Gasteiger partial charge on any atom is -0.493 e. The van der Waals surface area contributed by atoms with Crippen LogP contribution in [0.5, 0.6) is 5.75 Å². The van der Waals surface area contributed by atoms with E-state index < -0.39 is 5.76 Å². The summed E-state index contributed by atoms with van der Waals surface area (Å²) in [4.78, 5) is 11.6. The van der Waals surface area contributed by atoms with Crippen molar-refractivity contribution in [1.82, 2.24) is 4.57 Å². The Kier molecular flexibility index (Phi) is 3.19. The fourth-order valence-corrected chi connectivity index (χ4v) is 1.65. The molecule has 2 aromatic rings. The van der Waals surface area contributed by atoms with E-state index in [1.165, 1.54) is 11.7 Å². The highest BCUT2D eigenvalue weighted by Gasteiger charge is 2.11. The molecule has 1 heterocycles. The number of rotatable bonds is 2. The minimum atomic E-state index is -0.418. The van der Waals surface area contributed by atoms with Crippen molar-refractivity contribution in [2.45, 2.75) is 6.54 Å². The van der Waals surface area contributed by atoms with Gasteiger partial charge in [0.25, 0.3) is 0 Å². The Labute approximate surface area is 105 Å². The third kappa shape index (κ3) is 1.80. The van der Waals surface area contributed by atoms with Crippen molar-refractivity contribution < 1.29 is 9.15 Å². The van der Waals surface area contributed by atoms with Crippen LogP contribution in [0.3, 0.4) is 0 Å². The Bertz CT molecular complexity index is 630. The molecule has 0 aliphatic rings. The van der Waals surface area contributed by atoms with Crippen LogP contribution in [0, 0.1) is 9.85 Å². The van der Waals surface area contributed by atoms with Gasteiger partial charge < -0.3 is 9.15 Å². The number of methoxy groups -OCH3 is 1. The van der Waals surface area contributed by atoms with Gasteiger partial charge in [-0.1, -0.05) is 12.0 Å². The van der Waals surface area contributed by atoms with Gasteiger partial charge in [-0.2, -0.15) is 0 Å². The summed E-state index contributed by atoms with van der Waals surface area (Å²) < 4.78 is 14.4. The average Bonchev–Trinajstić information content (AvgIpc) is 2.62. The van der Waals surface area contributed by atoms with E-state index >= 15 is 0 Å². The maximum atomic E-state index is 11.6. The predicted molar refractivity (Wildman–Crippen MR) is 68.8 cm³/mol. The molecule has 16 heavy (non-hydrogen) atoms. The third-order valence-electron chi connectivity index (χ3n) is 2.18. The summed E-state index contributed by atoms with van der Waals surface area (Å²) in [6, 6.07) is 5.36. The lowest BCUT2D eigenvalue weighted by molar-refractivity contribution is 0.406. The van der Waals surface area contributed by atoms with Crippen LogP contribution in [0.4, 0.5) is 0 Å². The van der Waals surface area contributed by atoms with E-state index in [9.17, 15) is 4.79 Å². The first kappa shape index (κ1) is 11.1. The standard InChI is InChI=1S/C11H8INO3/c1-15-9-5-2-4-8-10(9)16-11(14)13(8)7-3-6-12/h2,4-5H,7H2,1H3. The molecule has 0 saturated carbocycles. The third-order valence-corrected chi connectivity index (χ3v) is 2.56. The largest absolute Gasteiger partial charge is 0.493 e. The molecule has 5 heteroatoms. The van der Waals surface area contributed by atoms with Gasteiger partial charge in [0.15, 0.2) is 11.3 Å². The van der Waals surface area contributed by atoms with Crippen molar-refractivity contribution >= 4 is 33.7 Å². The molecule has 0 N–H and O–H groups in total. The zero-order valence-corrected chi connectivity index (χ0v) is 10.6. The summed E-state index contributed by atoms with van der Waals surface area (Å²) in [5, 5.41) is 0. The van der Waals surface area contributed by atoms with Crippen molar-refractivity contribution in [1.29, 1.82) is 0 Å². The van der Waals surface area contributed by atoms with Gasteiger partial charge in [0, 0.05) is 22.6 Å². The van der Waals surface area contributed by atoms with Crippen LogP contribution in [-0.4, -0.2) is 11.7 Å². The zero-order chi connectivity index (χ0) is 11.5. The second kappa shape index (κ2) is 4.61. The van der Waals surface area contributed by atoms with Gasteiger partial charge in [0.2, 0.25) is 0 Å². The normalized spacial score (nSPS) is 9.88. The number of ether oxygens (including phenoxy) is 1. The van der Waals surface area contributed by atoms with Crippen molar-refractivity contribution in [3.05, 3.63) is 28.7 Å². The molecule has 0 spiro atoms. The fourth-order valence-electron chi connectivity index (χ4n) is 1.48. The van der Waals surface area contributed by atoms with E-state index in [0.717, 1.165) is 0 Å². The first-order chi connectivity index (χ1) is 7.77. The molecular weight excluding hydrogens is 321 g/mol. The maximum Gasteiger partial charge on any atom is 0.420 e. The lowest BCUT2D eigenvalue weighted by Crippen LogP contribution is -2.12. The predicted octanol–water partition coefficient (Wildman–Crippen LogP) is 2.00. The van der Waals surface area contributed by atoms with Gasteiger partial charge in [-0.15, -0.1) is 0 Å². The molecule has 1 aromatic carbocycles. The van der Waals surface area contributed by atoms with Crippen molar-refractivity contribution in [2.24, 2.45) is 0 Å². The summed E-state index contributed by atoms with van der Waals surface area (Å²) >= 11 is 1.93. The summed E-state index contributed by atoms with van der Waals surface area (Å²) in [6.07, 6.45) is 0. The van der Waals surface area contributed by atoms with Gasteiger partial charge in [-0.3, -0.25) is 4.57 Å². The molecular formula is C11H8INO3. The molecule has 0 aliphatic heterocycles. The fraction of sp³-hybridized carbons (Fsp3) is 0.182. The van der Waals surface area contributed by atoms with Crippen LogP contribution in [0.2, 0.25) is 0 Å². The summed E-state index contributed by atoms with van der Waals surface area (Å²) in [7, 11) is 1.54. The van der Waals surface area contributed by atoms with E-state index in [-0.39, 0.29) is 0 Å². The lowest BCUT2D eigenvalue weighted by atomic mass is 10.3. The monoisotopic (exact) mass is 329 g/mol. The van der Waals surface area contributed by atoms with E-state index in [2.05, 4.69) is 9.85 Å². The first-order valence-electron chi connectivity index (χ1n) is 4.52. The SMILES string of the molecule is COc1cccc2c1oc(=O)n2CC#CI. The molecule has 0 atom stereocenters. The number of nitrogens with zero attached hydrogens (tertiary/aromatic N) is 1. The van der Waals surface area contributed by atoms with Crippen LogP contribution in [0.15, 0.2) is 27.4 Å². The van der Waals surface area contributed by atoms with Crippen LogP contribution < -0.4 is 10.5 Å². The number of benzene rings is 1. The molecule has 0 fully saturated rings. The van der Waals surface area contributed by atoms with Gasteiger partial charge in [-0.25, -0.2) is 4.79 Å². The molecule has 82 valence electrons. The van der Waals surface area contributed by atoms with Crippen molar-refractivity contribution in [3.8, 4) is 15.6 Å². The van der Waals surface area contributed by atoms with Crippen molar-refractivity contribution in [3.63, 3.8) is 0 Å². The number of halogens is 1. The summed E-state index contributed by atoms with van der Waals surface area (Å²) in [5.41, 5.74) is 1.16. The summed E-state index contributed by atoms with van der Waals surface area (Å²) in [5.74, 6) is 2.95. The molecule has 0 amide bonds. The minimum absolute atomic E-state index is 0.321. The molecule has 0 unspecified atom stereocenters. The number of hydrogen-bond acceptors (Lipinski definition) is 3. The molecule has 4 nitrogen and oxygen atoms in total. The molecule has 0 aliphatic carbocycles. The van der Waals surface area contributed by atoms with Crippen LogP contribution in [0.1, 0.15) is 0 Å². The van der Waals surface area contributed by atoms with Crippen molar-refractivity contribution in [2.75, 3.05) is 7.11 Å². The van der Waals surface area contributed by atoms with Crippen LogP contribution >= 0.6 is 22.6 Å². The Hall–Kier alpha value is -1.42. The topological polar surface area (TPSA) is 44.4 Å². The number of para-hydroxylation sites is 1. The molecule has 1 aromatic heterocycles. The first-order valence-corrected chi connectivity index (χ1v) is 5.60. The van der Waals surface area contributed by atoms with Gasteiger partial charge in [0.05, 0.1) is 19.2 Å². The van der Waals surface area contributed by atoms with Gasteiger partial charge in [-0.05, 0) is 16.1 Å². The smallest absolute Gasteiger partial charge is 0.420 e. The van der Waals surface area contributed by atoms with Crippen LogP contribution in [0.25, 0.3) is 11.1 Å². The van der Waals surface area contributed by atoms with E-state index in [0.29, 0.717) is 23.4 Å². The highest BCUT2D eigenvalue weighted by molar-refractivity contribution is 14.1. The lowest BCUT2D eigenvalue weighted by Gasteiger charge is -1.99. The molecule has 0 bridgehead atoms. The summed E-state index contributed by atoms with van der Waals surface area (Å²) in [6.45, 7) is 0.321. The Morgan fingerprint density at radius 2 is 2.38 bits per heavy atom. The van der Waals surface area contributed by atoms with E-state index in [4.69, 9.17) is 9.15 Å². The zero-order valence-electron chi connectivity index (χ0n) is 8.49. The highest BCUT2D eigenvalue weighted by atomic mass is 127. The Morgan fingerprint density at radius 1 is 1.56 bits per heavy atom. The molecule has 2 rings (SSSR count). The Morgan fingerprint density at radius 3 is 3.06 bits per heavy atom. The van der Waals surface area contributed by atoms with E-state index in [1.807, 2.05) is 28.7 Å². The molecule has 0 saturated heterocycles. The second-order valence-electron chi connectivity index (χ2n) is 3.03. The van der Waals surface area contributed by atoms with Gasteiger partial charge >= 0.3 is 5.76 Å². The van der Waals surface area contributed by atoms with E-state index in [1.54, 1.807) is 12.1 Å². The second-order valence-corrected chi connectivity index (χ2v) is 3.57. The molecule has 0 radical (unpaired) electrons. The number of aromatic nitrogens is 1. The van der Waals surface area contributed by atoms with Crippen LogP contribution in [-0.2, 0) is 6.54 Å². The number of fused-ring (bicyclic) bond motifs is 1. The maximum absolute atomic E-state index is 11.6. The quantitative estimate of drug-likeness (QED) is 0.625. The number of hydrogen-bond donors (Lipinski definition) is 0. The highest BCUT2D eigenvalue weighted by Crippen LogP contribution is 2.23. The van der Waals surface area contributed by atoms with Gasteiger partial charge in [0.1, 0.15) is 0 Å². The average molecular weight is 329 g/mol.